The Balaban J connectivity index is 2.61. The number of hydrogen-bond acceptors (Lipinski definition) is 3. The maximum Gasteiger partial charge on any atom is 0.0400 e. The van der Waals surface area contributed by atoms with Crippen molar-refractivity contribution in [2.45, 2.75) is 20.8 Å². The topological polar surface area (TPSA) is 24.1 Å². The molecule has 0 fully saturated rings. The van der Waals surface area contributed by atoms with Gasteiger partial charge in [-0.3, -0.25) is 0 Å². The van der Waals surface area contributed by atoms with Crippen molar-refractivity contribution in [3.05, 3.63) is 11.1 Å². The zero-order valence-corrected chi connectivity index (χ0v) is 6.80. The molecule has 1 aliphatic rings. The van der Waals surface area contributed by atoms with Crippen molar-refractivity contribution in [3.8, 4) is 0 Å². The van der Waals surface area contributed by atoms with Gasteiger partial charge >= 0.3 is 0 Å². The minimum Gasteiger partial charge on any atom is -0.315 e. The van der Waals surface area contributed by atoms with Gasteiger partial charge in [-0.05, 0) is 11.9 Å². The van der Waals surface area contributed by atoms with Crippen LogP contribution >= 0.6 is 11.9 Å². The first-order chi connectivity index (χ1) is 4.11. The summed E-state index contributed by atoms with van der Waals surface area (Å²) in [5.74, 6) is 0. The summed E-state index contributed by atoms with van der Waals surface area (Å²) >= 11 is 1.59. The van der Waals surface area contributed by atoms with Crippen LogP contribution < -0.4 is 10.3 Å². The molecule has 0 atom stereocenters. The molecule has 3 heteroatoms. The van der Waals surface area contributed by atoms with Crippen LogP contribution in [0, 0.1) is 5.41 Å². The van der Waals surface area contributed by atoms with Gasteiger partial charge in [-0.1, -0.05) is 20.8 Å². The zero-order valence-electron chi connectivity index (χ0n) is 5.99. The number of hydrazine groups is 1. The quantitative estimate of drug-likeness (QED) is 0.505. The molecule has 2 N–H and O–H groups in total. The van der Waals surface area contributed by atoms with E-state index in [-0.39, 0.29) is 5.41 Å². The van der Waals surface area contributed by atoms with E-state index in [4.69, 9.17) is 0 Å². The van der Waals surface area contributed by atoms with E-state index in [0.717, 1.165) is 0 Å². The van der Waals surface area contributed by atoms with E-state index in [1.165, 1.54) is 5.70 Å². The highest BCUT2D eigenvalue weighted by Crippen LogP contribution is 2.26. The molecule has 0 aromatic rings. The van der Waals surface area contributed by atoms with Crippen molar-refractivity contribution in [1.29, 1.82) is 0 Å². The minimum absolute atomic E-state index is 0.247. The van der Waals surface area contributed by atoms with Gasteiger partial charge < -0.3 is 5.43 Å². The molecule has 0 aromatic heterocycles. The van der Waals surface area contributed by atoms with Crippen molar-refractivity contribution in [1.82, 2.24) is 10.3 Å². The maximum absolute atomic E-state index is 3.07. The lowest BCUT2D eigenvalue weighted by atomic mass is 9.93. The van der Waals surface area contributed by atoms with Crippen LogP contribution in [0.15, 0.2) is 11.1 Å². The Morgan fingerprint density at radius 3 is 2.33 bits per heavy atom. The minimum atomic E-state index is 0.247. The Morgan fingerprint density at radius 1 is 1.44 bits per heavy atom. The second-order valence-corrected chi connectivity index (χ2v) is 3.80. The molecule has 2 nitrogen and oxygen atoms in total. The van der Waals surface area contributed by atoms with E-state index in [1.807, 2.05) is 0 Å². The summed E-state index contributed by atoms with van der Waals surface area (Å²) in [6.07, 6.45) is 0. The molecule has 0 unspecified atom stereocenters. The van der Waals surface area contributed by atoms with Crippen LogP contribution in [-0.4, -0.2) is 0 Å². The molecule has 0 saturated carbocycles. The fraction of sp³-hybridized carbons (Fsp3) is 0.667. The first-order valence-corrected chi connectivity index (χ1v) is 3.86. The monoisotopic (exact) mass is 144 g/mol. The van der Waals surface area contributed by atoms with E-state index < -0.39 is 0 Å². The van der Waals surface area contributed by atoms with Gasteiger partial charge in [-0.15, -0.1) is 0 Å². The highest BCUT2D eigenvalue weighted by molar-refractivity contribution is 8.00. The van der Waals surface area contributed by atoms with Gasteiger partial charge in [0.2, 0.25) is 0 Å². The van der Waals surface area contributed by atoms with E-state index >= 15 is 0 Å². The molecule has 0 aromatic carbocycles. The molecular formula is C6H12N2S. The number of allylic oxidation sites excluding steroid dienone is 1. The third-order valence-corrected chi connectivity index (χ3v) is 1.80. The summed E-state index contributed by atoms with van der Waals surface area (Å²) in [4.78, 5) is 2.95. The lowest BCUT2D eigenvalue weighted by Gasteiger charge is -2.19. The Hall–Kier alpha value is -0.150. The SMILES string of the molecule is CC(C)(C)C1=CSNN1. The molecule has 1 rings (SSSR count). The molecule has 0 radical (unpaired) electrons. The number of nitrogens with one attached hydrogen (secondary N) is 2. The lowest BCUT2D eigenvalue weighted by molar-refractivity contribution is 0.462. The normalized spacial score (nSPS) is 19.2. The maximum atomic E-state index is 3.07. The molecule has 52 valence electrons. The molecule has 0 bridgehead atoms. The van der Waals surface area contributed by atoms with Crippen molar-refractivity contribution >= 4 is 11.9 Å². The summed E-state index contributed by atoms with van der Waals surface area (Å²) in [6.45, 7) is 6.54. The van der Waals surface area contributed by atoms with Gasteiger partial charge in [0.25, 0.3) is 0 Å². The Kier molecular flexibility index (Phi) is 1.73. The van der Waals surface area contributed by atoms with Gasteiger partial charge in [-0.2, -0.15) is 4.83 Å². The van der Waals surface area contributed by atoms with Crippen LogP contribution in [0.3, 0.4) is 0 Å². The second-order valence-electron chi connectivity index (χ2n) is 3.13. The largest absolute Gasteiger partial charge is 0.315 e. The fourth-order valence-corrected chi connectivity index (χ4v) is 1.32. The summed E-state index contributed by atoms with van der Waals surface area (Å²) in [7, 11) is 0. The smallest absolute Gasteiger partial charge is 0.0400 e. The van der Waals surface area contributed by atoms with Gasteiger partial charge in [0.1, 0.15) is 0 Å². The average Bonchev–Trinajstić information content (AvgIpc) is 2.08. The predicted molar refractivity (Wildman–Crippen MR) is 41.4 cm³/mol. The van der Waals surface area contributed by atoms with E-state index in [0.29, 0.717) is 0 Å². The third-order valence-electron chi connectivity index (χ3n) is 1.23. The molecule has 1 heterocycles. The van der Waals surface area contributed by atoms with Crippen molar-refractivity contribution < 1.29 is 0 Å². The van der Waals surface area contributed by atoms with Crippen LogP contribution in [0.5, 0.6) is 0 Å². The standard InChI is InChI=1S/C6H12N2S/c1-6(2,3)5-4-9-8-7-5/h4,7-8H,1-3H3. The lowest BCUT2D eigenvalue weighted by Crippen LogP contribution is -2.26. The molecule has 1 aliphatic heterocycles. The van der Waals surface area contributed by atoms with Crippen molar-refractivity contribution in [3.63, 3.8) is 0 Å². The second kappa shape index (κ2) is 2.23. The predicted octanol–water partition coefficient (Wildman–Crippen LogP) is 1.63. The zero-order chi connectivity index (χ0) is 6.91. The highest BCUT2D eigenvalue weighted by Gasteiger charge is 2.18. The van der Waals surface area contributed by atoms with E-state index in [1.54, 1.807) is 11.9 Å². The van der Waals surface area contributed by atoms with Crippen LogP contribution in [0.2, 0.25) is 0 Å². The molecule has 9 heavy (non-hydrogen) atoms. The molecule has 0 spiro atoms. The van der Waals surface area contributed by atoms with E-state index in [9.17, 15) is 0 Å². The first-order valence-electron chi connectivity index (χ1n) is 2.98. The van der Waals surface area contributed by atoms with Gasteiger partial charge in [0.05, 0.1) is 0 Å². The fourth-order valence-electron chi connectivity index (χ4n) is 0.567. The molecule has 0 saturated heterocycles. The summed E-state index contributed by atoms with van der Waals surface area (Å²) in [5, 5.41) is 2.10. The van der Waals surface area contributed by atoms with Gasteiger partial charge in [-0.25, -0.2) is 0 Å². The third kappa shape index (κ3) is 1.63. The van der Waals surface area contributed by atoms with E-state index in [2.05, 4.69) is 36.4 Å². The molecule has 0 aliphatic carbocycles. The van der Waals surface area contributed by atoms with Crippen LogP contribution in [0.25, 0.3) is 0 Å². The highest BCUT2D eigenvalue weighted by atomic mass is 32.2. The van der Waals surface area contributed by atoms with Crippen LogP contribution in [0.1, 0.15) is 20.8 Å². The average molecular weight is 144 g/mol. The summed E-state index contributed by atoms with van der Waals surface area (Å²) in [6, 6.07) is 0. The number of rotatable bonds is 0. The van der Waals surface area contributed by atoms with Gasteiger partial charge in [0.15, 0.2) is 0 Å². The Morgan fingerprint density at radius 2 is 2.11 bits per heavy atom. The van der Waals surface area contributed by atoms with Crippen molar-refractivity contribution in [2.75, 3.05) is 0 Å². The molecular weight excluding hydrogens is 132 g/mol. The summed E-state index contributed by atoms with van der Waals surface area (Å²) < 4.78 is 0. The van der Waals surface area contributed by atoms with Crippen LogP contribution in [0.4, 0.5) is 0 Å². The Bertz CT molecular complexity index is 134. The van der Waals surface area contributed by atoms with Crippen LogP contribution in [-0.2, 0) is 0 Å². The van der Waals surface area contributed by atoms with Gasteiger partial charge in [0, 0.05) is 16.5 Å². The Labute approximate surface area is 60.2 Å². The molecule has 0 amide bonds. The summed E-state index contributed by atoms with van der Waals surface area (Å²) in [5.41, 5.74) is 4.57. The number of hydrogen-bond donors (Lipinski definition) is 2. The first kappa shape index (κ1) is 6.96. The van der Waals surface area contributed by atoms with Crippen molar-refractivity contribution in [2.24, 2.45) is 5.41 Å².